The third-order valence-electron chi connectivity index (χ3n) is 8.51. The van der Waals surface area contributed by atoms with Crippen molar-refractivity contribution in [3.05, 3.63) is 108 Å². The number of aliphatic hydroxyl groups is 1. The first-order valence-electron chi connectivity index (χ1n) is 15.6. The van der Waals surface area contributed by atoms with Crippen LogP contribution in [0.2, 0.25) is 0 Å². The highest BCUT2D eigenvalue weighted by atomic mass is 32.2. The van der Waals surface area contributed by atoms with Crippen LogP contribution in [0, 0.1) is 0 Å². The minimum Gasteiger partial charge on any atom is -0.396 e. The summed E-state index contributed by atoms with van der Waals surface area (Å²) in [5.41, 5.74) is 6.98. The van der Waals surface area contributed by atoms with E-state index in [1.54, 1.807) is 6.20 Å². The van der Waals surface area contributed by atoms with E-state index in [0.29, 0.717) is 24.4 Å². The highest BCUT2D eigenvalue weighted by Gasteiger charge is 2.40. The predicted molar refractivity (Wildman–Crippen MR) is 178 cm³/mol. The van der Waals surface area contributed by atoms with Gasteiger partial charge in [-0.3, -0.25) is 14.7 Å². The number of nitrogens with one attached hydrogen (secondary N) is 1. The molecule has 9 heteroatoms. The van der Waals surface area contributed by atoms with Gasteiger partial charge in [-0.2, -0.15) is 0 Å². The molecule has 4 heterocycles. The number of carbonyl (C=O) groups excluding carboxylic acids is 1. The fourth-order valence-corrected chi connectivity index (χ4v) is 7.78. The molecule has 1 saturated heterocycles. The molecular weight excluding hydrogens is 582 g/mol. The molecule has 2 aromatic heterocycles. The van der Waals surface area contributed by atoms with Crippen LogP contribution in [0.15, 0.2) is 85.2 Å². The first-order valence-corrected chi connectivity index (χ1v) is 16.7. The molecule has 2 N–H and O–H groups in total. The lowest BCUT2D eigenvalue weighted by Gasteiger charge is -2.30. The summed E-state index contributed by atoms with van der Waals surface area (Å²) in [5.74, 6) is -0.205. The molecule has 3 atom stereocenters. The van der Waals surface area contributed by atoms with E-state index in [1.807, 2.05) is 73.7 Å². The van der Waals surface area contributed by atoms with Crippen LogP contribution < -0.4 is 5.32 Å². The molecular formula is C36H41N5O3S. The highest BCUT2D eigenvalue weighted by molar-refractivity contribution is 7.84. The lowest BCUT2D eigenvalue weighted by Crippen LogP contribution is -2.37. The number of nitrogens with zero attached hydrogens (tertiary/aromatic N) is 4. The molecule has 0 saturated carbocycles. The molecule has 2 aliphatic rings. The topological polar surface area (TPSA) is 98.7 Å². The van der Waals surface area contributed by atoms with E-state index in [-0.39, 0.29) is 24.6 Å². The van der Waals surface area contributed by atoms with E-state index in [9.17, 15) is 14.1 Å². The molecule has 8 nitrogen and oxygen atoms in total. The number of aromatic nitrogens is 2. The summed E-state index contributed by atoms with van der Waals surface area (Å²) in [5, 5.41) is 13.4. The molecule has 0 radical (unpaired) electrons. The summed E-state index contributed by atoms with van der Waals surface area (Å²) in [6.07, 6.45) is 4.86. The van der Waals surface area contributed by atoms with Gasteiger partial charge in [0.2, 0.25) is 0 Å². The van der Waals surface area contributed by atoms with E-state index in [0.717, 1.165) is 53.9 Å². The Bertz CT molecular complexity index is 1680. The third-order valence-corrected chi connectivity index (χ3v) is 10.4. The maximum atomic E-state index is 13.8. The maximum Gasteiger partial charge on any atom is 0.270 e. The zero-order valence-corrected chi connectivity index (χ0v) is 27.0. The second-order valence-corrected chi connectivity index (χ2v) is 15.1. The Hall–Kier alpha value is -3.76. The lowest BCUT2D eigenvalue weighted by atomic mass is 9.94. The monoisotopic (exact) mass is 623 g/mol. The fourth-order valence-electron chi connectivity index (χ4n) is 6.38. The van der Waals surface area contributed by atoms with Gasteiger partial charge in [-0.1, -0.05) is 54.6 Å². The molecule has 2 aliphatic heterocycles. The average Bonchev–Trinajstić information content (AvgIpc) is 3.64. The summed E-state index contributed by atoms with van der Waals surface area (Å²) in [6, 6.07) is 24.0. The van der Waals surface area contributed by atoms with Crippen molar-refractivity contribution in [2.75, 3.05) is 19.7 Å². The zero-order valence-electron chi connectivity index (χ0n) is 26.1. The number of likely N-dealkylation sites (tertiary alicyclic amines) is 1. The first kappa shape index (κ1) is 31.2. The molecule has 0 bridgehead atoms. The Morgan fingerprint density at radius 3 is 2.53 bits per heavy atom. The van der Waals surface area contributed by atoms with E-state index in [4.69, 9.17) is 4.98 Å². The van der Waals surface area contributed by atoms with Crippen molar-refractivity contribution >= 4 is 16.9 Å². The SMILES string of the molecule is CC(C)(C)[S@@](=O)N1Cc2cc(C(=O)N[C@H]3CCN(Cc4ccccc4)C3)nc(-c3cccc(-c4cccnc4)c3)c2[C@H]1CCO. The highest BCUT2D eigenvalue weighted by Crippen LogP contribution is 2.44. The molecule has 0 spiro atoms. The number of fused-ring (bicyclic) bond motifs is 1. The molecule has 0 unspecified atom stereocenters. The van der Waals surface area contributed by atoms with Crippen molar-refractivity contribution in [1.29, 1.82) is 0 Å². The lowest BCUT2D eigenvalue weighted by molar-refractivity contribution is 0.0932. The van der Waals surface area contributed by atoms with Crippen LogP contribution in [0.25, 0.3) is 22.4 Å². The van der Waals surface area contributed by atoms with Gasteiger partial charge in [0.25, 0.3) is 5.91 Å². The summed E-state index contributed by atoms with van der Waals surface area (Å²) in [6.45, 7) is 8.79. The van der Waals surface area contributed by atoms with Gasteiger partial charge in [0, 0.05) is 67.9 Å². The molecule has 234 valence electrons. The molecule has 0 aliphatic carbocycles. The second kappa shape index (κ2) is 13.3. The number of aliphatic hydroxyl groups excluding tert-OH is 1. The van der Waals surface area contributed by atoms with Crippen LogP contribution in [0.5, 0.6) is 0 Å². The van der Waals surface area contributed by atoms with Gasteiger partial charge in [-0.25, -0.2) is 13.5 Å². The predicted octanol–water partition coefficient (Wildman–Crippen LogP) is 5.52. The minimum atomic E-state index is -1.33. The Balaban J connectivity index is 1.34. The van der Waals surface area contributed by atoms with E-state index >= 15 is 0 Å². The van der Waals surface area contributed by atoms with Gasteiger partial charge >= 0.3 is 0 Å². The maximum absolute atomic E-state index is 13.8. The van der Waals surface area contributed by atoms with Crippen LogP contribution in [-0.2, 0) is 24.1 Å². The number of hydrogen-bond acceptors (Lipinski definition) is 6. The van der Waals surface area contributed by atoms with Crippen molar-refractivity contribution in [2.24, 2.45) is 0 Å². The van der Waals surface area contributed by atoms with Crippen LogP contribution >= 0.6 is 0 Å². The zero-order chi connectivity index (χ0) is 31.6. The van der Waals surface area contributed by atoms with Gasteiger partial charge in [-0.05, 0) is 68.5 Å². The largest absolute Gasteiger partial charge is 0.396 e. The molecule has 6 rings (SSSR count). The van der Waals surface area contributed by atoms with Crippen molar-refractivity contribution in [3.8, 4) is 22.4 Å². The molecule has 1 amide bonds. The smallest absolute Gasteiger partial charge is 0.270 e. The fraction of sp³-hybridized carbons (Fsp3) is 0.361. The third kappa shape index (κ3) is 6.92. The van der Waals surface area contributed by atoms with Crippen LogP contribution in [0.4, 0.5) is 0 Å². The normalized spacial score (nSPS) is 19.4. The molecule has 1 fully saturated rings. The Kier molecular flexibility index (Phi) is 9.23. The second-order valence-electron chi connectivity index (χ2n) is 12.9. The number of rotatable bonds is 9. The molecule has 4 aromatic rings. The van der Waals surface area contributed by atoms with E-state index in [2.05, 4.69) is 45.5 Å². The van der Waals surface area contributed by atoms with E-state index in [1.165, 1.54) is 5.56 Å². The minimum absolute atomic E-state index is 0.0284. The average molecular weight is 624 g/mol. The first-order chi connectivity index (χ1) is 21.7. The Labute approximate surface area is 268 Å². The van der Waals surface area contributed by atoms with Gasteiger partial charge in [0.1, 0.15) is 16.7 Å². The van der Waals surface area contributed by atoms with Crippen LogP contribution in [0.1, 0.15) is 66.8 Å². The Morgan fingerprint density at radius 2 is 1.80 bits per heavy atom. The summed E-state index contributed by atoms with van der Waals surface area (Å²) >= 11 is 0. The number of carbonyl (C=O) groups is 1. The Morgan fingerprint density at radius 1 is 1.02 bits per heavy atom. The van der Waals surface area contributed by atoms with E-state index < -0.39 is 15.7 Å². The summed E-state index contributed by atoms with van der Waals surface area (Å²) in [4.78, 5) is 25.5. The summed E-state index contributed by atoms with van der Waals surface area (Å²) in [7, 11) is -1.33. The van der Waals surface area contributed by atoms with Crippen molar-refractivity contribution in [2.45, 2.75) is 63.5 Å². The molecule has 2 aromatic carbocycles. The molecule has 45 heavy (non-hydrogen) atoms. The van der Waals surface area contributed by atoms with Crippen LogP contribution in [-0.4, -0.2) is 64.9 Å². The van der Waals surface area contributed by atoms with Crippen molar-refractivity contribution in [1.82, 2.24) is 24.5 Å². The van der Waals surface area contributed by atoms with Gasteiger partial charge in [-0.15, -0.1) is 0 Å². The number of pyridine rings is 2. The summed E-state index contributed by atoms with van der Waals surface area (Å²) < 4.78 is 15.2. The number of hydrogen-bond donors (Lipinski definition) is 2. The van der Waals surface area contributed by atoms with Gasteiger partial charge in [0.15, 0.2) is 0 Å². The quantitative estimate of drug-likeness (QED) is 0.255. The van der Waals surface area contributed by atoms with Crippen molar-refractivity contribution < 1.29 is 14.1 Å². The van der Waals surface area contributed by atoms with Crippen molar-refractivity contribution in [3.63, 3.8) is 0 Å². The number of benzene rings is 2. The van der Waals surface area contributed by atoms with Gasteiger partial charge in [0.05, 0.1) is 16.5 Å². The van der Waals surface area contributed by atoms with Gasteiger partial charge < -0.3 is 10.4 Å². The number of amides is 1. The van der Waals surface area contributed by atoms with Crippen LogP contribution in [0.3, 0.4) is 0 Å². The standard InChI is InChI=1S/C36H41N5O3S/c1-36(2,3)45(44)41-23-29-20-31(35(43)38-30-14-17-40(24-30)22-25-9-5-4-6-10-25)39-34(33(29)32(41)15-18-42)27-12-7-11-26(19-27)28-13-8-16-37-21-28/h4-13,16,19-21,30,32,42H,14-15,17-18,22-24H2,1-3H3,(H,38,43)/t30-,32+,45+/m0/s1.